The van der Waals surface area contributed by atoms with Crippen molar-refractivity contribution in [3.8, 4) is 6.07 Å². The second-order valence-corrected chi connectivity index (χ2v) is 7.91. The fourth-order valence-electron chi connectivity index (χ4n) is 3.57. The average Bonchev–Trinajstić information content (AvgIpc) is 3.17. The van der Waals surface area contributed by atoms with E-state index in [0.29, 0.717) is 30.1 Å². The number of carbonyl (C=O) groups excluding carboxylic acids is 4. The monoisotopic (exact) mass is 408 g/mol. The van der Waals surface area contributed by atoms with Crippen molar-refractivity contribution < 1.29 is 19.2 Å². The molecule has 0 radical (unpaired) electrons. The number of thiophene rings is 1. The van der Waals surface area contributed by atoms with Gasteiger partial charge in [-0.1, -0.05) is 12.1 Å². The summed E-state index contributed by atoms with van der Waals surface area (Å²) in [5.41, 5.74) is 1.77. The normalized spacial score (nSPS) is 15.0. The van der Waals surface area contributed by atoms with Gasteiger partial charge in [0.1, 0.15) is 17.6 Å². The number of rotatable bonds is 3. The molecule has 8 nitrogen and oxygen atoms in total. The van der Waals surface area contributed by atoms with Gasteiger partial charge in [0.15, 0.2) is 0 Å². The van der Waals surface area contributed by atoms with Crippen molar-refractivity contribution in [2.45, 2.75) is 19.9 Å². The van der Waals surface area contributed by atoms with Gasteiger partial charge in [-0.25, -0.2) is 0 Å². The molecule has 4 amide bonds. The predicted octanol–water partition coefficient (Wildman–Crippen LogP) is 1.76. The molecule has 9 heteroatoms. The Morgan fingerprint density at radius 3 is 2.45 bits per heavy atom. The third kappa shape index (κ3) is 3.17. The van der Waals surface area contributed by atoms with Crippen LogP contribution in [0.5, 0.6) is 0 Å². The van der Waals surface area contributed by atoms with Crippen molar-refractivity contribution in [1.29, 1.82) is 5.26 Å². The number of carbonyl (C=O) groups is 4. The molecule has 2 aliphatic rings. The first kappa shape index (κ1) is 18.8. The number of benzene rings is 1. The zero-order valence-corrected chi connectivity index (χ0v) is 16.3. The molecular formula is C20H16N4O4S. The quantitative estimate of drug-likeness (QED) is 0.778. The van der Waals surface area contributed by atoms with Crippen LogP contribution in [0.2, 0.25) is 0 Å². The van der Waals surface area contributed by atoms with Crippen LogP contribution in [-0.4, -0.2) is 46.5 Å². The maximum atomic E-state index is 12.5. The Bertz CT molecular complexity index is 1080. The summed E-state index contributed by atoms with van der Waals surface area (Å²) < 4.78 is 0. The van der Waals surface area contributed by atoms with Gasteiger partial charge in [0.05, 0.1) is 23.2 Å². The van der Waals surface area contributed by atoms with E-state index in [9.17, 15) is 24.4 Å². The van der Waals surface area contributed by atoms with Crippen molar-refractivity contribution in [1.82, 2.24) is 9.80 Å². The minimum absolute atomic E-state index is 0.0428. The molecule has 0 unspecified atom stereocenters. The molecule has 2 aromatic rings. The summed E-state index contributed by atoms with van der Waals surface area (Å²) in [5, 5.41) is 12.6. The molecule has 0 saturated carbocycles. The van der Waals surface area contributed by atoms with Crippen LogP contribution in [0.3, 0.4) is 0 Å². The molecule has 29 heavy (non-hydrogen) atoms. The molecule has 1 aromatic heterocycles. The molecule has 0 atom stereocenters. The van der Waals surface area contributed by atoms with Crippen LogP contribution in [0.15, 0.2) is 24.3 Å². The lowest BCUT2D eigenvalue weighted by Gasteiger charge is -2.25. The summed E-state index contributed by atoms with van der Waals surface area (Å²) in [6, 6.07) is 8.55. The molecule has 1 aromatic carbocycles. The SMILES string of the molecule is CC(=O)N1CCc2c(sc(NC(=O)CN3C(=O)c4ccccc4C3=O)c2C#N)C1. The van der Waals surface area contributed by atoms with Gasteiger partial charge >= 0.3 is 0 Å². The van der Waals surface area contributed by atoms with Gasteiger partial charge in [0.25, 0.3) is 11.8 Å². The first-order valence-electron chi connectivity index (χ1n) is 8.96. The van der Waals surface area contributed by atoms with Gasteiger partial charge in [0.2, 0.25) is 11.8 Å². The average molecular weight is 408 g/mol. The maximum absolute atomic E-state index is 12.5. The molecule has 1 N–H and O–H groups in total. The third-order valence-electron chi connectivity index (χ3n) is 5.05. The van der Waals surface area contributed by atoms with E-state index in [0.717, 1.165) is 15.3 Å². The van der Waals surface area contributed by atoms with Gasteiger partial charge in [-0.3, -0.25) is 24.1 Å². The highest BCUT2D eigenvalue weighted by atomic mass is 32.1. The smallest absolute Gasteiger partial charge is 0.262 e. The standard InChI is InChI=1S/C20H16N4O4S/c1-11(25)23-7-6-12-15(8-21)18(29-16(12)9-23)22-17(26)10-24-19(27)13-4-2-3-5-14(13)20(24)28/h2-5H,6-7,9-10H2,1H3,(H,22,26). The Morgan fingerprint density at radius 1 is 1.21 bits per heavy atom. The second-order valence-electron chi connectivity index (χ2n) is 6.80. The van der Waals surface area contributed by atoms with Gasteiger partial charge in [-0.05, 0) is 24.1 Å². The molecule has 4 rings (SSSR count). The fourth-order valence-corrected chi connectivity index (χ4v) is 4.80. The summed E-state index contributed by atoms with van der Waals surface area (Å²) in [4.78, 5) is 52.4. The summed E-state index contributed by atoms with van der Waals surface area (Å²) in [6.07, 6.45) is 0.544. The Kier molecular flexibility index (Phi) is 4.64. The lowest BCUT2D eigenvalue weighted by atomic mass is 10.0. The minimum Gasteiger partial charge on any atom is -0.337 e. The van der Waals surface area contributed by atoms with E-state index in [2.05, 4.69) is 11.4 Å². The van der Waals surface area contributed by atoms with Crippen LogP contribution in [0, 0.1) is 11.3 Å². The van der Waals surface area contributed by atoms with E-state index in [1.807, 2.05) is 0 Å². The molecule has 0 aliphatic carbocycles. The lowest BCUT2D eigenvalue weighted by Crippen LogP contribution is -2.37. The van der Waals surface area contributed by atoms with Gasteiger partial charge in [0, 0.05) is 18.3 Å². The highest BCUT2D eigenvalue weighted by Gasteiger charge is 2.36. The zero-order valence-electron chi connectivity index (χ0n) is 15.5. The number of nitriles is 1. The van der Waals surface area contributed by atoms with Crippen LogP contribution in [0.4, 0.5) is 5.00 Å². The van der Waals surface area contributed by atoms with Crippen molar-refractivity contribution >= 4 is 40.0 Å². The fraction of sp³-hybridized carbons (Fsp3) is 0.250. The van der Waals surface area contributed by atoms with Crippen molar-refractivity contribution in [3.05, 3.63) is 51.4 Å². The van der Waals surface area contributed by atoms with Gasteiger partial charge < -0.3 is 10.2 Å². The number of hydrogen-bond donors (Lipinski definition) is 1. The molecule has 0 saturated heterocycles. The van der Waals surface area contributed by atoms with Crippen LogP contribution in [0.1, 0.15) is 43.6 Å². The lowest BCUT2D eigenvalue weighted by molar-refractivity contribution is -0.129. The van der Waals surface area contributed by atoms with E-state index in [1.165, 1.54) is 18.3 Å². The number of nitrogens with zero attached hydrogens (tertiary/aromatic N) is 3. The molecular weight excluding hydrogens is 392 g/mol. The van der Waals surface area contributed by atoms with Crippen LogP contribution < -0.4 is 5.32 Å². The van der Waals surface area contributed by atoms with E-state index >= 15 is 0 Å². The molecule has 0 fully saturated rings. The van der Waals surface area contributed by atoms with Crippen molar-refractivity contribution in [2.24, 2.45) is 0 Å². The van der Waals surface area contributed by atoms with E-state index < -0.39 is 24.3 Å². The number of amides is 4. The molecule has 2 aliphatic heterocycles. The number of fused-ring (bicyclic) bond motifs is 2. The highest BCUT2D eigenvalue weighted by molar-refractivity contribution is 7.16. The van der Waals surface area contributed by atoms with E-state index in [4.69, 9.17) is 0 Å². The van der Waals surface area contributed by atoms with Crippen molar-refractivity contribution in [3.63, 3.8) is 0 Å². The minimum atomic E-state index is -0.557. The van der Waals surface area contributed by atoms with E-state index in [-0.39, 0.29) is 17.0 Å². The Hall–Kier alpha value is -3.51. The van der Waals surface area contributed by atoms with Crippen molar-refractivity contribution in [2.75, 3.05) is 18.4 Å². The summed E-state index contributed by atoms with van der Waals surface area (Å²) in [7, 11) is 0. The van der Waals surface area contributed by atoms with Crippen LogP contribution >= 0.6 is 11.3 Å². The van der Waals surface area contributed by atoms with Crippen LogP contribution in [-0.2, 0) is 22.6 Å². The zero-order chi connectivity index (χ0) is 20.7. The Balaban J connectivity index is 1.52. The number of hydrogen-bond acceptors (Lipinski definition) is 6. The van der Waals surface area contributed by atoms with Gasteiger partial charge in [-0.2, -0.15) is 5.26 Å². The van der Waals surface area contributed by atoms with Crippen LogP contribution in [0.25, 0.3) is 0 Å². The first-order chi connectivity index (χ1) is 13.9. The Labute approximate surface area is 170 Å². The third-order valence-corrected chi connectivity index (χ3v) is 6.18. The summed E-state index contributed by atoms with van der Waals surface area (Å²) in [6.45, 7) is 1.99. The summed E-state index contributed by atoms with van der Waals surface area (Å²) >= 11 is 1.25. The van der Waals surface area contributed by atoms with E-state index in [1.54, 1.807) is 29.2 Å². The van der Waals surface area contributed by atoms with Gasteiger partial charge in [-0.15, -0.1) is 11.3 Å². The molecule has 3 heterocycles. The molecule has 146 valence electrons. The molecule has 0 spiro atoms. The number of anilines is 1. The largest absolute Gasteiger partial charge is 0.337 e. The summed E-state index contributed by atoms with van der Waals surface area (Å²) in [5.74, 6) is -1.62. The number of nitrogens with one attached hydrogen (secondary N) is 1. The predicted molar refractivity (Wildman–Crippen MR) is 104 cm³/mol. The first-order valence-corrected chi connectivity index (χ1v) is 9.77. The second kappa shape index (κ2) is 7.14. The highest BCUT2D eigenvalue weighted by Crippen LogP contribution is 2.36. The number of imide groups is 1. The Morgan fingerprint density at radius 2 is 1.86 bits per heavy atom. The molecule has 0 bridgehead atoms. The maximum Gasteiger partial charge on any atom is 0.262 e. The topological polar surface area (TPSA) is 111 Å².